The van der Waals surface area contributed by atoms with E-state index < -0.39 is 0 Å². The molecule has 13 heavy (non-hydrogen) atoms. The van der Waals surface area contributed by atoms with Crippen molar-refractivity contribution < 1.29 is 0 Å². The molecule has 0 heteroatoms. The highest BCUT2D eigenvalue weighted by atomic mass is 14.1. The Morgan fingerprint density at radius 3 is 2.54 bits per heavy atom. The second-order valence-corrected chi connectivity index (χ2v) is 3.90. The van der Waals surface area contributed by atoms with E-state index in [0.29, 0.717) is 0 Å². The van der Waals surface area contributed by atoms with Gasteiger partial charge >= 0.3 is 0 Å². The van der Waals surface area contributed by atoms with Crippen molar-refractivity contribution in [1.82, 2.24) is 0 Å². The summed E-state index contributed by atoms with van der Waals surface area (Å²) in [4.78, 5) is 0. The molecule has 1 rings (SSSR count). The van der Waals surface area contributed by atoms with Crippen LogP contribution in [0.4, 0.5) is 0 Å². The summed E-state index contributed by atoms with van der Waals surface area (Å²) in [5.74, 6) is 0.723. The number of unbranched alkanes of at least 4 members (excludes halogenated alkanes) is 1. The van der Waals surface area contributed by atoms with Crippen molar-refractivity contribution in [2.75, 3.05) is 0 Å². The van der Waals surface area contributed by atoms with Crippen molar-refractivity contribution in [3.63, 3.8) is 0 Å². The topological polar surface area (TPSA) is 0 Å². The third kappa shape index (κ3) is 2.87. The molecule has 0 nitrogen and oxygen atoms in total. The Bertz CT molecular complexity index is 250. The zero-order valence-corrected chi connectivity index (χ0v) is 9.01. The molecule has 1 atom stereocenters. The smallest absolute Gasteiger partial charge is 0.0188 e. The molecule has 0 heterocycles. The van der Waals surface area contributed by atoms with Gasteiger partial charge in [-0.05, 0) is 30.4 Å². The van der Waals surface area contributed by atoms with Gasteiger partial charge in [-0.2, -0.15) is 0 Å². The van der Waals surface area contributed by atoms with Gasteiger partial charge in [0.25, 0.3) is 0 Å². The second-order valence-electron chi connectivity index (χ2n) is 3.90. The normalized spacial score (nSPS) is 12.8. The van der Waals surface area contributed by atoms with E-state index in [1.807, 2.05) is 0 Å². The first-order valence-electron chi connectivity index (χ1n) is 5.31. The van der Waals surface area contributed by atoms with Gasteiger partial charge in [0.05, 0.1) is 0 Å². The van der Waals surface area contributed by atoms with Crippen LogP contribution in [-0.2, 0) is 0 Å². The summed E-state index contributed by atoms with van der Waals surface area (Å²) in [5.41, 5.74) is 2.96. The Morgan fingerprint density at radius 1 is 1.23 bits per heavy atom. The highest BCUT2D eigenvalue weighted by Crippen LogP contribution is 2.23. The molecule has 0 fully saturated rings. The Balaban J connectivity index is 2.65. The summed E-state index contributed by atoms with van der Waals surface area (Å²) in [7, 11) is 0. The van der Waals surface area contributed by atoms with Crippen LogP contribution in [0.1, 0.15) is 50.2 Å². The Morgan fingerprint density at radius 2 is 1.92 bits per heavy atom. The Kier molecular flexibility index (Phi) is 4.01. The molecule has 0 aliphatic rings. The van der Waals surface area contributed by atoms with Crippen LogP contribution < -0.4 is 0 Å². The molecule has 0 aliphatic carbocycles. The van der Waals surface area contributed by atoms with Gasteiger partial charge < -0.3 is 0 Å². The Hall–Kier alpha value is -0.780. The molecule has 0 aromatic heterocycles. The van der Waals surface area contributed by atoms with E-state index in [1.165, 1.54) is 30.4 Å². The molecule has 1 aromatic rings. The SMILES string of the molecule is CCCCC(C)c1ccccc1C. The lowest BCUT2D eigenvalue weighted by atomic mass is 9.92. The van der Waals surface area contributed by atoms with E-state index in [9.17, 15) is 0 Å². The first-order valence-corrected chi connectivity index (χ1v) is 5.31. The average Bonchev–Trinajstić information content (AvgIpc) is 2.15. The maximum Gasteiger partial charge on any atom is -0.0188 e. The van der Waals surface area contributed by atoms with Gasteiger partial charge in [0.2, 0.25) is 0 Å². The van der Waals surface area contributed by atoms with Gasteiger partial charge in [0.1, 0.15) is 0 Å². The van der Waals surface area contributed by atoms with Gasteiger partial charge in [0.15, 0.2) is 0 Å². The summed E-state index contributed by atoms with van der Waals surface area (Å²) in [6.07, 6.45) is 3.97. The quantitative estimate of drug-likeness (QED) is 0.642. The number of aryl methyl sites for hydroxylation is 1. The van der Waals surface area contributed by atoms with Gasteiger partial charge in [0, 0.05) is 0 Å². The van der Waals surface area contributed by atoms with Gasteiger partial charge in [-0.15, -0.1) is 0 Å². The standard InChI is InChI=1S/C13H20/c1-4-5-8-11(2)13-10-7-6-9-12(13)3/h6-7,9-11H,4-5,8H2,1-3H3. The molecule has 0 N–H and O–H groups in total. The first-order chi connectivity index (χ1) is 6.25. The molecule has 1 unspecified atom stereocenters. The number of rotatable bonds is 4. The molecule has 0 saturated heterocycles. The average molecular weight is 176 g/mol. The number of hydrogen-bond donors (Lipinski definition) is 0. The summed E-state index contributed by atoms with van der Waals surface area (Å²) in [6.45, 7) is 6.79. The van der Waals surface area contributed by atoms with Gasteiger partial charge in [-0.1, -0.05) is 51.0 Å². The van der Waals surface area contributed by atoms with Gasteiger partial charge in [-0.25, -0.2) is 0 Å². The summed E-state index contributed by atoms with van der Waals surface area (Å²) < 4.78 is 0. The summed E-state index contributed by atoms with van der Waals surface area (Å²) in [6, 6.07) is 8.73. The fraction of sp³-hybridized carbons (Fsp3) is 0.538. The summed E-state index contributed by atoms with van der Waals surface area (Å²) in [5, 5.41) is 0. The van der Waals surface area contributed by atoms with Crippen LogP contribution in [0.3, 0.4) is 0 Å². The molecule has 1 aromatic carbocycles. The monoisotopic (exact) mass is 176 g/mol. The highest BCUT2D eigenvalue weighted by Gasteiger charge is 2.06. The van der Waals surface area contributed by atoms with Gasteiger partial charge in [-0.3, -0.25) is 0 Å². The predicted octanol–water partition coefficient (Wildman–Crippen LogP) is 4.29. The summed E-state index contributed by atoms with van der Waals surface area (Å²) >= 11 is 0. The van der Waals surface area contributed by atoms with Crippen LogP contribution in [0.15, 0.2) is 24.3 Å². The molecule has 0 spiro atoms. The van der Waals surface area contributed by atoms with Crippen LogP contribution in [0.2, 0.25) is 0 Å². The molecule has 0 bridgehead atoms. The fourth-order valence-corrected chi connectivity index (χ4v) is 1.81. The van der Waals surface area contributed by atoms with Crippen molar-refractivity contribution >= 4 is 0 Å². The zero-order valence-electron chi connectivity index (χ0n) is 9.01. The van der Waals surface area contributed by atoms with Crippen molar-refractivity contribution in [1.29, 1.82) is 0 Å². The van der Waals surface area contributed by atoms with E-state index in [0.717, 1.165) is 5.92 Å². The lowest BCUT2D eigenvalue weighted by Gasteiger charge is -2.13. The lowest BCUT2D eigenvalue weighted by molar-refractivity contribution is 0.622. The second kappa shape index (κ2) is 5.06. The minimum Gasteiger partial charge on any atom is -0.0654 e. The number of hydrogen-bond acceptors (Lipinski definition) is 0. The molecular weight excluding hydrogens is 156 g/mol. The maximum absolute atomic E-state index is 2.33. The molecule has 0 aliphatic heterocycles. The van der Waals surface area contributed by atoms with Crippen LogP contribution in [0.5, 0.6) is 0 Å². The number of benzene rings is 1. The maximum atomic E-state index is 2.33. The third-order valence-electron chi connectivity index (χ3n) is 2.71. The molecule has 0 radical (unpaired) electrons. The van der Waals surface area contributed by atoms with E-state index in [1.54, 1.807) is 0 Å². The van der Waals surface area contributed by atoms with Crippen molar-refractivity contribution in [2.45, 2.75) is 46.0 Å². The van der Waals surface area contributed by atoms with E-state index in [-0.39, 0.29) is 0 Å². The molecule has 0 saturated carbocycles. The first kappa shape index (κ1) is 10.3. The van der Waals surface area contributed by atoms with Crippen molar-refractivity contribution in [3.05, 3.63) is 35.4 Å². The lowest BCUT2D eigenvalue weighted by Crippen LogP contribution is -1.95. The van der Waals surface area contributed by atoms with Crippen molar-refractivity contribution in [2.24, 2.45) is 0 Å². The third-order valence-corrected chi connectivity index (χ3v) is 2.71. The minimum atomic E-state index is 0.723. The largest absolute Gasteiger partial charge is 0.0654 e. The van der Waals surface area contributed by atoms with Crippen LogP contribution in [-0.4, -0.2) is 0 Å². The predicted molar refractivity (Wildman–Crippen MR) is 59.1 cm³/mol. The van der Waals surface area contributed by atoms with Crippen molar-refractivity contribution in [3.8, 4) is 0 Å². The van der Waals surface area contributed by atoms with Crippen LogP contribution >= 0.6 is 0 Å². The van der Waals surface area contributed by atoms with E-state index in [2.05, 4.69) is 45.0 Å². The molecular formula is C13H20. The fourth-order valence-electron chi connectivity index (χ4n) is 1.81. The highest BCUT2D eigenvalue weighted by molar-refractivity contribution is 5.28. The zero-order chi connectivity index (χ0) is 9.68. The van der Waals surface area contributed by atoms with Crippen LogP contribution in [0.25, 0.3) is 0 Å². The van der Waals surface area contributed by atoms with E-state index in [4.69, 9.17) is 0 Å². The molecule has 72 valence electrons. The minimum absolute atomic E-state index is 0.723. The van der Waals surface area contributed by atoms with Crippen LogP contribution in [0, 0.1) is 6.92 Å². The Labute approximate surface area is 82.0 Å². The van der Waals surface area contributed by atoms with E-state index >= 15 is 0 Å². The molecule has 0 amide bonds.